The van der Waals surface area contributed by atoms with Crippen LogP contribution in [0.5, 0.6) is 0 Å². The van der Waals surface area contributed by atoms with Gasteiger partial charge in [0.05, 0.1) is 0 Å². The Hall–Kier alpha value is -0.820. The number of benzene rings is 1. The number of rotatable bonds is 6. The van der Waals surface area contributed by atoms with Crippen LogP contribution >= 0.6 is 0 Å². The molecule has 0 heterocycles. The molecule has 2 aliphatic carbocycles. The summed E-state index contributed by atoms with van der Waals surface area (Å²) in [7, 11) is 0. The molecule has 0 radical (unpaired) electrons. The Balaban J connectivity index is 1.34. The Labute approximate surface area is 98.3 Å². The summed E-state index contributed by atoms with van der Waals surface area (Å²) in [4.78, 5) is 0. The van der Waals surface area contributed by atoms with Crippen LogP contribution in [0.1, 0.15) is 42.7 Å². The summed E-state index contributed by atoms with van der Waals surface area (Å²) in [5, 5.41) is 3.61. The summed E-state index contributed by atoms with van der Waals surface area (Å²) in [5.74, 6) is 1.88. The minimum Gasteiger partial charge on any atom is -0.316 e. The first-order valence-electron chi connectivity index (χ1n) is 6.72. The highest BCUT2D eigenvalue weighted by Crippen LogP contribution is 2.34. The molecule has 3 rings (SSSR count). The molecule has 1 atom stereocenters. The van der Waals surface area contributed by atoms with Crippen molar-refractivity contribution in [1.82, 2.24) is 5.32 Å². The van der Waals surface area contributed by atoms with E-state index < -0.39 is 0 Å². The fraction of sp³-hybridized carbons (Fsp3) is 0.600. The average Bonchev–Trinajstić information content (AvgIpc) is 3.07. The molecule has 1 fully saturated rings. The van der Waals surface area contributed by atoms with Crippen LogP contribution in [0.15, 0.2) is 24.3 Å². The Morgan fingerprint density at radius 2 is 2.06 bits per heavy atom. The molecule has 1 aromatic rings. The van der Waals surface area contributed by atoms with Crippen molar-refractivity contribution < 1.29 is 0 Å². The summed E-state index contributed by atoms with van der Waals surface area (Å²) < 4.78 is 0. The first-order valence-corrected chi connectivity index (χ1v) is 6.72. The van der Waals surface area contributed by atoms with E-state index in [4.69, 9.17) is 0 Å². The lowest BCUT2D eigenvalue weighted by atomic mass is 9.77. The van der Waals surface area contributed by atoms with E-state index in [1.165, 1.54) is 45.2 Å². The van der Waals surface area contributed by atoms with Crippen LogP contribution in [-0.4, -0.2) is 13.1 Å². The molecule has 1 nitrogen and oxygen atoms in total. The van der Waals surface area contributed by atoms with Gasteiger partial charge < -0.3 is 5.32 Å². The summed E-state index contributed by atoms with van der Waals surface area (Å²) in [6.45, 7) is 2.40. The zero-order valence-corrected chi connectivity index (χ0v) is 9.91. The molecule has 0 aliphatic heterocycles. The molecular formula is C15H21N. The predicted molar refractivity (Wildman–Crippen MR) is 67.7 cm³/mol. The van der Waals surface area contributed by atoms with Crippen molar-refractivity contribution in [2.45, 2.75) is 38.0 Å². The molecule has 1 N–H and O–H groups in total. The second-order valence-electron chi connectivity index (χ2n) is 5.39. The van der Waals surface area contributed by atoms with E-state index in [2.05, 4.69) is 29.6 Å². The van der Waals surface area contributed by atoms with E-state index in [-0.39, 0.29) is 0 Å². The highest BCUT2D eigenvalue weighted by molar-refractivity contribution is 5.40. The summed E-state index contributed by atoms with van der Waals surface area (Å²) in [5.41, 5.74) is 3.14. The van der Waals surface area contributed by atoms with Gasteiger partial charge >= 0.3 is 0 Å². The standard InChI is InChI=1S/C15H21N/c1-2-6-15-13(5-1)10-14(15)11-16-9-3-4-12-7-8-12/h1-2,5-6,12,14,16H,3-4,7-11H2. The van der Waals surface area contributed by atoms with Gasteiger partial charge in [0.15, 0.2) is 0 Å². The maximum atomic E-state index is 3.61. The molecule has 0 spiro atoms. The first-order chi connectivity index (χ1) is 7.93. The van der Waals surface area contributed by atoms with Crippen molar-refractivity contribution in [2.24, 2.45) is 5.92 Å². The van der Waals surface area contributed by atoms with E-state index in [1.807, 2.05) is 0 Å². The zero-order valence-electron chi connectivity index (χ0n) is 9.91. The number of hydrogen-bond donors (Lipinski definition) is 1. The summed E-state index contributed by atoms with van der Waals surface area (Å²) in [6, 6.07) is 8.87. The van der Waals surface area contributed by atoms with E-state index >= 15 is 0 Å². The second kappa shape index (κ2) is 4.58. The van der Waals surface area contributed by atoms with Gasteiger partial charge in [0, 0.05) is 12.5 Å². The molecule has 0 aromatic heterocycles. The number of fused-ring (bicyclic) bond motifs is 1. The van der Waals surface area contributed by atoms with Gasteiger partial charge in [-0.25, -0.2) is 0 Å². The maximum Gasteiger partial charge on any atom is 0.00234 e. The maximum absolute atomic E-state index is 3.61. The normalized spacial score (nSPS) is 22.6. The van der Waals surface area contributed by atoms with E-state index in [0.29, 0.717) is 0 Å². The molecule has 1 unspecified atom stereocenters. The van der Waals surface area contributed by atoms with Gasteiger partial charge in [0.2, 0.25) is 0 Å². The molecule has 2 aliphatic rings. The minimum atomic E-state index is 0.789. The third kappa shape index (κ3) is 2.30. The highest BCUT2D eigenvalue weighted by Gasteiger charge is 2.24. The first kappa shape index (κ1) is 10.3. The second-order valence-corrected chi connectivity index (χ2v) is 5.39. The van der Waals surface area contributed by atoms with Crippen molar-refractivity contribution in [2.75, 3.05) is 13.1 Å². The molecule has 1 saturated carbocycles. The average molecular weight is 215 g/mol. The molecule has 86 valence electrons. The fourth-order valence-corrected chi connectivity index (χ4v) is 2.74. The Morgan fingerprint density at radius 3 is 2.88 bits per heavy atom. The Bertz CT molecular complexity index is 354. The van der Waals surface area contributed by atoms with Crippen molar-refractivity contribution in [3.8, 4) is 0 Å². The molecule has 0 saturated heterocycles. The molecular weight excluding hydrogens is 194 g/mol. The van der Waals surface area contributed by atoms with Crippen molar-refractivity contribution in [1.29, 1.82) is 0 Å². The fourth-order valence-electron chi connectivity index (χ4n) is 2.74. The van der Waals surface area contributed by atoms with E-state index in [9.17, 15) is 0 Å². The molecule has 0 bridgehead atoms. The van der Waals surface area contributed by atoms with Crippen molar-refractivity contribution in [3.05, 3.63) is 35.4 Å². The van der Waals surface area contributed by atoms with Crippen LogP contribution in [0.2, 0.25) is 0 Å². The van der Waals surface area contributed by atoms with Gasteiger partial charge in [0.25, 0.3) is 0 Å². The summed E-state index contributed by atoms with van der Waals surface area (Å²) in [6.07, 6.45) is 7.10. The van der Waals surface area contributed by atoms with Gasteiger partial charge in [0.1, 0.15) is 0 Å². The third-order valence-corrected chi connectivity index (χ3v) is 4.01. The van der Waals surface area contributed by atoms with Crippen LogP contribution < -0.4 is 5.32 Å². The van der Waals surface area contributed by atoms with Gasteiger partial charge in [-0.15, -0.1) is 0 Å². The molecule has 1 heteroatoms. The lowest BCUT2D eigenvalue weighted by Gasteiger charge is -2.30. The van der Waals surface area contributed by atoms with E-state index in [1.54, 1.807) is 11.1 Å². The van der Waals surface area contributed by atoms with Crippen LogP contribution in [0.25, 0.3) is 0 Å². The van der Waals surface area contributed by atoms with Gasteiger partial charge in [-0.1, -0.05) is 37.1 Å². The minimum absolute atomic E-state index is 0.789. The SMILES string of the molecule is c1ccc2c(c1)CC2CNCCCC1CC1. The van der Waals surface area contributed by atoms with Crippen LogP contribution in [0.4, 0.5) is 0 Å². The van der Waals surface area contributed by atoms with Crippen LogP contribution in [-0.2, 0) is 6.42 Å². The monoisotopic (exact) mass is 215 g/mol. The van der Waals surface area contributed by atoms with Crippen LogP contribution in [0, 0.1) is 5.92 Å². The van der Waals surface area contributed by atoms with Gasteiger partial charge in [-0.2, -0.15) is 0 Å². The van der Waals surface area contributed by atoms with Gasteiger partial charge in [-0.3, -0.25) is 0 Å². The largest absolute Gasteiger partial charge is 0.316 e. The summed E-state index contributed by atoms with van der Waals surface area (Å²) >= 11 is 0. The Morgan fingerprint density at radius 1 is 1.19 bits per heavy atom. The van der Waals surface area contributed by atoms with Gasteiger partial charge in [-0.05, 0) is 42.9 Å². The van der Waals surface area contributed by atoms with E-state index in [0.717, 1.165) is 11.8 Å². The topological polar surface area (TPSA) is 12.0 Å². The highest BCUT2D eigenvalue weighted by atomic mass is 14.9. The van der Waals surface area contributed by atoms with Crippen LogP contribution in [0.3, 0.4) is 0 Å². The molecule has 0 amide bonds. The predicted octanol–water partition coefficient (Wildman–Crippen LogP) is 3.11. The number of nitrogens with one attached hydrogen (secondary N) is 1. The lowest BCUT2D eigenvalue weighted by molar-refractivity contribution is 0.516. The Kier molecular flexibility index (Phi) is 2.96. The molecule has 16 heavy (non-hydrogen) atoms. The third-order valence-electron chi connectivity index (χ3n) is 4.01. The quantitative estimate of drug-likeness (QED) is 0.719. The zero-order chi connectivity index (χ0) is 10.8. The molecule has 1 aromatic carbocycles. The van der Waals surface area contributed by atoms with Crippen molar-refractivity contribution >= 4 is 0 Å². The smallest absolute Gasteiger partial charge is 0.00234 e. The lowest BCUT2D eigenvalue weighted by Crippen LogP contribution is -2.29. The van der Waals surface area contributed by atoms with Crippen molar-refractivity contribution in [3.63, 3.8) is 0 Å². The number of hydrogen-bond acceptors (Lipinski definition) is 1.